The maximum Gasteiger partial charge on any atom is 0.254 e. The van der Waals surface area contributed by atoms with Gasteiger partial charge in [-0.25, -0.2) is 0 Å². The SMILES string of the molecule is O=C(NCCc1c[nH]c2ccc(Cl)cc12)c1ccoc1COc1ccccc1Cl. The van der Waals surface area contributed by atoms with Gasteiger partial charge in [0.2, 0.25) is 0 Å². The molecule has 0 fully saturated rings. The number of carbonyl (C=O) groups excluding carboxylic acids is 1. The number of halogens is 2. The molecule has 0 unspecified atom stereocenters. The second kappa shape index (κ2) is 8.64. The zero-order valence-electron chi connectivity index (χ0n) is 15.4. The van der Waals surface area contributed by atoms with E-state index in [1.807, 2.05) is 36.5 Å². The summed E-state index contributed by atoms with van der Waals surface area (Å²) in [5, 5.41) is 5.17. The molecule has 2 heterocycles. The van der Waals surface area contributed by atoms with E-state index in [1.165, 1.54) is 6.26 Å². The van der Waals surface area contributed by atoms with E-state index in [9.17, 15) is 4.79 Å². The quantitative estimate of drug-likeness (QED) is 0.401. The number of nitrogens with one attached hydrogen (secondary N) is 2. The Balaban J connectivity index is 1.36. The van der Waals surface area contributed by atoms with Gasteiger partial charge in [-0.3, -0.25) is 4.79 Å². The Bertz CT molecular complexity index is 1150. The number of H-pyrrole nitrogens is 1. The van der Waals surface area contributed by atoms with E-state index in [2.05, 4.69) is 10.3 Å². The number of ether oxygens (including phenoxy) is 1. The number of furan rings is 1. The molecule has 0 aliphatic rings. The van der Waals surface area contributed by atoms with Gasteiger partial charge >= 0.3 is 0 Å². The number of para-hydroxylation sites is 1. The fourth-order valence-electron chi connectivity index (χ4n) is 3.12. The lowest BCUT2D eigenvalue weighted by Crippen LogP contribution is -2.26. The molecule has 0 saturated carbocycles. The molecule has 2 aromatic carbocycles. The fourth-order valence-corrected chi connectivity index (χ4v) is 3.49. The van der Waals surface area contributed by atoms with Crippen LogP contribution in [0.15, 0.2) is 65.4 Å². The zero-order valence-corrected chi connectivity index (χ0v) is 16.9. The summed E-state index contributed by atoms with van der Waals surface area (Å²) in [5.41, 5.74) is 2.56. The first-order valence-electron chi connectivity index (χ1n) is 9.09. The highest BCUT2D eigenvalue weighted by molar-refractivity contribution is 6.32. The van der Waals surface area contributed by atoms with Crippen LogP contribution in [-0.2, 0) is 13.0 Å². The first-order chi connectivity index (χ1) is 14.1. The van der Waals surface area contributed by atoms with Crippen molar-refractivity contribution in [3.63, 3.8) is 0 Å². The van der Waals surface area contributed by atoms with E-state index < -0.39 is 0 Å². The van der Waals surface area contributed by atoms with Gasteiger partial charge in [-0.15, -0.1) is 0 Å². The molecule has 0 spiro atoms. The van der Waals surface area contributed by atoms with Crippen LogP contribution in [0.4, 0.5) is 0 Å². The van der Waals surface area contributed by atoms with Crippen molar-refractivity contribution in [1.29, 1.82) is 0 Å². The molecular formula is C22H18Cl2N2O3. The average molecular weight is 429 g/mol. The molecule has 4 aromatic rings. The average Bonchev–Trinajstić information content (AvgIpc) is 3.34. The van der Waals surface area contributed by atoms with Gasteiger partial charge in [-0.1, -0.05) is 35.3 Å². The van der Waals surface area contributed by atoms with Gasteiger partial charge in [0.15, 0.2) is 5.76 Å². The summed E-state index contributed by atoms with van der Waals surface area (Å²) in [4.78, 5) is 15.8. The topological polar surface area (TPSA) is 67.3 Å². The number of carbonyl (C=O) groups is 1. The summed E-state index contributed by atoms with van der Waals surface area (Å²) in [6.07, 6.45) is 4.09. The lowest BCUT2D eigenvalue weighted by molar-refractivity contribution is 0.0949. The van der Waals surface area contributed by atoms with Crippen LogP contribution in [0.3, 0.4) is 0 Å². The molecule has 0 saturated heterocycles. The third kappa shape index (κ3) is 4.42. The van der Waals surface area contributed by atoms with Crippen molar-refractivity contribution in [3.8, 4) is 5.75 Å². The Morgan fingerprint density at radius 1 is 1.14 bits per heavy atom. The van der Waals surface area contributed by atoms with Crippen molar-refractivity contribution in [2.45, 2.75) is 13.0 Å². The predicted molar refractivity (Wildman–Crippen MR) is 114 cm³/mol. The van der Waals surface area contributed by atoms with Crippen molar-refractivity contribution in [2.75, 3.05) is 6.54 Å². The van der Waals surface area contributed by atoms with Crippen molar-refractivity contribution in [1.82, 2.24) is 10.3 Å². The van der Waals surface area contributed by atoms with Crippen LogP contribution in [0.5, 0.6) is 5.75 Å². The van der Waals surface area contributed by atoms with E-state index in [1.54, 1.807) is 18.2 Å². The summed E-state index contributed by atoms with van der Waals surface area (Å²) in [5.74, 6) is 0.769. The number of hydrogen-bond donors (Lipinski definition) is 2. The van der Waals surface area contributed by atoms with Gasteiger partial charge in [0.1, 0.15) is 12.4 Å². The Labute approximate surface area is 177 Å². The molecule has 0 atom stereocenters. The number of rotatable bonds is 7. The predicted octanol–water partition coefficient (Wildman–Crippen LogP) is 5.62. The number of aromatic nitrogens is 1. The van der Waals surface area contributed by atoms with Gasteiger partial charge in [-0.2, -0.15) is 0 Å². The normalized spacial score (nSPS) is 11.0. The van der Waals surface area contributed by atoms with Crippen molar-refractivity contribution < 1.29 is 13.9 Å². The van der Waals surface area contributed by atoms with Crippen LogP contribution >= 0.6 is 23.2 Å². The monoisotopic (exact) mass is 428 g/mol. The molecule has 148 valence electrons. The van der Waals surface area contributed by atoms with E-state index >= 15 is 0 Å². The highest BCUT2D eigenvalue weighted by atomic mass is 35.5. The fraction of sp³-hybridized carbons (Fsp3) is 0.136. The largest absolute Gasteiger partial charge is 0.484 e. The van der Waals surface area contributed by atoms with Crippen molar-refractivity contribution in [3.05, 3.63) is 87.9 Å². The molecule has 5 nitrogen and oxygen atoms in total. The maximum atomic E-state index is 12.6. The highest BCUT2D eigenvalue weighted by Gasteiger charge is 2.16. The van der Waals surface area contributed by atoms with Crippen LogP contribution in [-0.4, -0.2) is 17.4 Å². The zero-order chi connectivity index (χ0) is 20.2. The van der Waals surface area contributed by atoms with Crippen molar-refractivity contribution in [2.24, 2.45) is 0 Å². The minimum atomic E-state index is -0.214. The molecule has 1 amide bonds. The molecule has 0 radical (unpaired) electrons. The number of benzene rings is 2. The molecule has 4 rings (SSSR count). The first-order valence-corrected chi connectivity index (χ1v) is 9.85. The lowest BCUT2D eigenvalue weighted by Gasteiger charge is -2.08. The van der Waals surface area contributed by atoms with Gasteiger partial charge in [0, 0.05) is 28.7 Å². The van der Waals surface area contributed by atoms with Gasteiger partial charge < -0.3 is 19.5 Å². The van der Waals surface area contributed by atoms with Gasteiger partial charge in [0.25, 0.3) is 5.91 Å². The lowest BCUT2D eigenvalue weighted by atomic mass is 10.1. The van der Waals surface area contributed by atoms with E-state index in [0.29, 0.717) is 40.1 Å². The number of aromatic amines is 1. The maximum absolute atomic E-state index is 12.6. The van der Waals surface area contributed by atoms with Gasteiger partial charge in [-0.05, 0) is 48.4 Å². The van der Waals surface area contributed by atoms with Crippen LogP contribution in [0.25, 0.3) is 10.9 Å². The molecule has 0 aliphatic heterocycles. The van der Waals surface area contributed by atoms with Crippen LogP contribution < -0.4 is 10.1 Å². The number of amides is 1. The molecule has 7 heteroatoms. The Kier molecular flexibility index (Phi) is 5.79. The summed E-state index contributed by atoms with van der Waals surface area (Å²) in [6, 6.07) is 14.5. The van der Waals surface area contributed by atoms with E-state index in [0.717, 1.165) is 16.5 Å². The molecule has 2 aromatic heterocycles. The van der Waals surface area contributed by atoms with Gasteiger partial charge in [0.05, 0.1) is 16.8 Å². The summed E-state index contributed by atoms with van der Waals surface area (Å²) in [7, 11) is 0. The van der Waals surface area contributed by atoms with E-state index in [4.69, 9.17) is 32.4 Å². The third-order valence-electron chi connectivity index (χ3n) is 4.59. The standard InChI is InChI=1S/C22H18Cl2N2O3/c23-15-5-6-19-17(11-15)14(12-26-19)7-9-25-22(27)16-8-10-28-21(16)13-29-20-4-2-1-3-18(20)24/h1-6,8,10-12,26H,7,9,13H2,(H,25,27). The van der Waals surface area contributed by atoms with Crippen LogP contribution in [0.1, 0.15) is 21.7 Å². The summed E-state index contributed by atoms with van der Waals surface area (Å²) >= 11 is 12.2. The summed E-state index contributed by atoms with van der Waals surface area (Å²) in [6.45, 7) is 0.592. The number of hydrogen-bond acceptors (Lipinski definition) is 3. The van der Waals surface area contributed by atoms with E-state index in [-0.39, 0.29) is 12.5 Å². The molecule has 2 N–H and O–H groups in total. The van der Waals surface area contributed by atoms with Crippen molar-refractivity contribution >= 4 is 40.0 Å². The summed E-state index contributed by atoms with van der Waals surface area (Å²) < 4.78 is 11.1. The second-order valence-electron chi connectivity index (χ2n) is 6.49. The molecule has 0 bridgehead atoms. The third-order valence-corrected chi connectivity index (χ3v) is 5.14. The molecule has 29 heavy (non-hydrogen) atoms. The highest BCUT2D eigenvalue weighted by Crippen LogP contribution is 2.25. The van der Waals surface area contributed by atoms with Crippen LogP contribution in [0, 0.1) is 0 Å². The minimum Gasteiger partial charge on any atom is -0.484 e. The number of fused-ring (bicyclic) bond motifs is 1. The minimum absolute atomic E-state index is 0.112. The Hall–Kier alpha value is -2.89. The smallest absolute Gasteiger partial charge is 0.254 e. The first kappa shape index (κ1) is 19.4. The molecular weight excluding hydrogens is 411 g/mol. The van der Waals surface area contributed by atoms with Crippen LogP contribution in [0.2, 0.25) is 10.0 Å². The Morgan fingerprint density at radius 2 is 2.00 bits per heavy atom. The Morgan fingerprint density at radius 3 is 2.86 bits per heavy atom. The second-order valence-corrected chi connectivity index (χ2v) is 7.33. The molecule has 0 aliphatic carbocycles.